The largest absolute Gasteiger partial charge is 0.307 e. The smallest absolute Gasteiger partial charge is 0.237 e. The standard InChI is InChI=1S/C23H21N5OS/c1-18-10-8-9-15-21(18)28-23(24-25-26-28)30-17-22(29)27(20-13-6-3-7-14-20)16-19-11-4-2-5-12-19/h2-15H,16-17H2,1H3. The van der Waals surface area contributed by atoms with Gasteiger partial charge in [-0.05, 0) is 46.7 Å². The number of hydrogen-bond acceptors (Lipinski definition) is 5. The van der Waals surface area contributed by atoms with Gasteiger partial charge in [0.05, 0.1) is 18.0 Å². The van der Waals surface area contributed by atoms with Gasteiger partial charge in [0.2, 0.25) is 11.1 Å². The highest BCUT2D eigenvalue weighted by molar-refractivity contribution is 7.99. The summed E-state index contributed by atoms with van der Waals surface area (Å²) in [6.45, 7) is 2.51. The van der Waals surface area contributed by atoms with Crippen LogP contribution in [0.4, 0.5) is 5.69 Å². The maximum absolute atomic E-state index is 13.2. The molecule has 4 rings (SSSR count). The summed E-state index contributed by atoms with van der Waals surface area (Å²) in [4.78, 5) is 15.0. The average Bonchev–Trinajstić information content (AvgIpc) is 3.26. The fourth-order valence-corrected chi connectivity index (χ4v) is 3.88. The van der Waals surface area contributed by atoms with Crippen molar-refractivity contribution in [2.24, 2.45) is 0 Å². The van der Waals surface area contributed by atoms with Gasteiger partial charge >= 0.3 is 0 Å². The summed E-state index contributed by atoms with van der Waals surface area (Å²) in [5, 5.41) is 12.6. The quantitative estimate of drug-likeness (QED) is 0.421. The van der Waals surface area contributed by atoms with Crippen LogP contribution in [0, 0.1) is 6.92 Å². The lowest BCUT2D eigenvalue weighted by Crippen LogP contribution is -2.32. The number of anilines is 1. The monoisotopic (exact) mass is 415 g/mol. The molecule has 0 fully saturated rings. The van der Waals surface area contributed by atoms with Gasteiger partial charge in [-0.15, -0.1) is 5.10 Å². The first-order chi connectivity index (χ1) is 14.7. The molecule has 0 saturated heterocycles. The van der Waals surface area contributed by atoms with E-state index in [0.29, 0.717) is 11.7 Å². The number of benzene rings is 3. The van der Waals surface area contributed by atoms with Crippen LogP contribution in [0.25, 0.3) is 5.69 Å². The third-order valence-corrected chi connectivity index (χ3v) is 5.57. The minimum absolute atomic E-state index is 0.00520. The Labute approximate surface area is 179 Å². The van der Waals surface area contributed by atoms with Gasteiger partial charge in [-0.3, -0.25) is 4.79 Å². The number of aryl methyl sites for hydroxylation is 1. The van der Waals surface area contributed by atoms with Crippen molar-refractivity contribution >= 4 is 23.4 Å². The molecule has 6 nitrogen and oxygen atoms in total. The van der Waals surface area contributed by atoms with Gasteiger partial charge in [-0.2, -0.15) is 4.68 Å². The maximum atomic E-state index is 13.2. The lowest BCUT2D eigenvalue weighted by molar-refractivity contribution is -0.116. The van der Waals surface area contributed by atoms with Gasteiger partial charge in [0.1, 0.15) is 0 Å². The topological polar surface area (TPSA) is 63.9 Å². The second-order valence-electron chi connectivity index (χ2n) is 6.75. The number of tetrazole rings is 1. The zero-order valence-corrected chi connectivity index (χ0v) is 17.4. The molecule has 0 aliphatic heterocycles. The van der Waals surface area contributed by atoms with Crippen molar-refractivity contribution in [3.05, 3.63) is 96.1 Å². The highest BCUT2D eigenvalue weighted by Crippen LogP contribution is 2.23. The summed E-state index contributed by atoms with van der Waals surface area (Å²) in [6, 6.07) is 27.6. The summed E-state index contributed by atoms with van der Waals surface area (Å²) in [5.41, 5.74) is 3.91. The minimum atomic E-state index is -0.00520. The number of hydrogen-bond donors (Lipinski definition) is 0. The maximum Gasteiger partial charge on any atom is 0.237 e. The van der Waals surface area contributed by atoms with Gasteiger partial charge in [0, 0.05) is 5.69 Å². The molecular formula is C23H21N5OS. The predicted molar refractivity (Wildman–Crippen MR) is 119 cm³/mol. The van der Waals surface area contributed by atoms with Crippen LogP contribution in [0.15, 0.2) is 90.1 Å². The Bertz CT molecular complexity index is 1110. The van der Waals surface area contributed by atoms with E-state index in [1.165, 1.54) is 11.8 Å². The molecule has 0 unspecified atom stereocenters. The van der Waals surface area contributed by atoms with Crippen LogP contribution < -0.4 is 4.90 Å². The zero-order valence-electron chi connectivity index (χ0n) is 16.5. The normalized spacial score (nSPS) is 10.7. The minimum Gasteiger partial charge on any atom is -0.307 e. The van der Waals surface area contributed by atoms with Gasteiger partial charge in [0.15, 0.2) is 0 Å². The molecule has 0 spiro atoms. The Morgan fingerprint density at radius 1 is 0.933 bits per heavy atom. The number of para-hydroxylation sites is 2. The van der Waals surface area contributed by atoms with Crippen LogP contribution in [0.2, 0.25) is 0 Å². The van der Waals surface area contributed by atoms with E-state index in [-0.39, 0.29) is 11.7 Å². The van der Waals surface area contributed by atoms with Gasteiger partial charge in [0.25, 0.3) is 0 Å². The Morgan fingerprint density at radius 2 is 1.60 bits per heavy atom. The first-order valence-corrected chi connectivity index (χ1v) is 10.6. The molecule has 0 atom stereocenters. The number of aromatic nitrogens is 4. The molecule has 1 aromatic heterocycles. The Kier molecular flexibility index (Phi) is 6.20. The summed E-state index contributed by atoms with van der Waals surface area (Å²) >= 11 is 1.33. The van der Waals surface area contributed by atoms with E-state index in [1.807, 2.05) is 91.9 Å². The molecule has 0 saturated carbocycles. The molecule has 150 valence electrons. The molecule has 7 heteroatoms. The fourth-order valence-electron chi connectivity index (χ4n) is 3.12. The van der Waals surface area contributed by atoms with Crippen LogP contribution in [-0.2, 0) is 11.3 Å². The number of carbonyl (C=O) groups excluding carboxylic acids is 1. The lowest BCUT2D eigenvalue weighted by atomic mass is 10.2. The second kappa shape index (κ2) is 9.37. The van der Waals surface area contributed by atoms with E-state index in [0.717, 1.165) is 22.5 Å². The number of amides is 1. The van der Waals surface area contributed by atoms with Crippen LogP contribution in [-0.4, -0.2) is 31.9 Å². The summed E-state index contributed by atoms with van der Waals surface area (Å²) < 4.78 is 1.68. The Balaban J connectivity index is 1.53. The van der Waals surface area contributed by atoms with Crippen LogP contribution in [0.3, 0.4) is 0 Å². The van der Waals surface area contributed by atoms with Crippen molar-refractivity contribution in [1.82, 2.24) is 20.2 Å². The van der Waals surface area contributed by atoms with Crippen molar-refractivity contribution in [2.45, 2.75) is 18.6 Å². The Morgan fingerprint density at radius 3 is 2.33 bits per heavy atom. The highest BCUT2D eigenvalue weighted by Gasteiger charge is 2.19. The molecule has 0 aliphatic carbocycles. The van der Waals surface area contributed by atoms with Gasteiger partial charge < -0.3 is 4.90 Å². The summed E-state index contributed by atoms with van der Waals surface area (Å²) in [7, 11) is 0. The predicted octanol–water partition coefficient (Wildman–Crippen LogP) is 4.30. The van der Waals surface area contributed by atoms with Crippen molar-refractivity contribution < 1.29 is 4.79 Å². The average molecular weight is 416 g/mol. The number of thioether (sulfide) groups is 1. The van der Waals surface area contributed by atoms with E-state index in [1.54, 1.807) is 9.58 Å². The molecule has 3 aromatic carbocycles. The SMILES string of the molecule is Cc1ccccc1-n1nnnc1SCC(=O)N(Cc1ccccc1)c1ccccc1. The Hall–Kier alpha value is -3.45. The van der Waals surface area contributed by atoms with E-state index in [4.69, 9.17) is 0 Å². The van der Waals surface area contributed by atoms with Crippen molar-refractivity contribution in [3.8, 4) is 5.69 Å². The molecule has 0 bridgehead atoms. The van der Waals surface area contributed by atoms with Gasteiger partial charge in [-0.25, -0.2) is 0 Å². The molecular weight excluding hydrogens is 394 g/mol. The number of carbonyl (C=O) groups is 1. The summed E-state index contributed by atoms with van der Waals surface area (Å²) in [5.74, 6) is 0.225. The second-order valence-corrected chi connectivity index (χ2v) is 7.69. The van der Waals surface area contributed by atoms with Gasteiger partial charge in [-0.1, -0.05) is 78.5 Å². The molecule has 1 heterocycles. The summed E-state index contributed by atoms with van der Waals surface area (Å²) in [6.07, 6.45) is 0. The molecule has 0 aliphatic rings. The molecule has 30 heavy (non-hydrogen) atoms. The zero-order chi connectivity index (χ0) is 20.8. The van der Waals surface area contributed by atoms with E-state index < -0.39 is 0 Å². The first kappa shape index (κ1) is 19.8. The molecule has 1 amide bonds. The van der Waals surface area contributed by atoms with E-state index in [2.05, 4.69) is 15.5 Å². The van der Waals surface area contributed by atoms with E-state index >= 15 is 0 Å². The van der Waals surface area contributed by atoms with Crippen molar-refractivity contribution in [1.29, 1.82) is 0 Å². The molecule has 0 radical (unpaired) electrons. The molecule has 0 N–H and O–H groups in total. The molecule has 4 aromatic rings. The first-order valence-electron chi connectivity index (χ1n) is 9.59. The number of nitrogens with zero attached hydrogens (tertiary/aromatic N) is 5. The third kappa shape index (κ3) is 4.58. The fraction of sp³-hybridized carbons (Fsp3) is 0.130. The van der Waals surface area contributed by atoms with Crippen molar-refractivity contribution in [2.75, 3.05) is 10.7 Å². The van der Waals surface area contributed by atoms with Crippen LogP contribution >= 0.6 is 11.8 Å². The number of rotatable bonds is 7. The van der Waals surface area contributed by atoms with Crippen LogP contribution in [0.1, 0.15) is 11.1 Å². The lowest BCUT2D eigenvalue weighted by Gasteiger charge is -2.23. The van der Waals surface area contributed by atoms with Crippen molar-refractivity contribution in [3.63, 3.8) is 0 Å². The van der Waals surface area contributed by atoms with Crippen LogP contribution in [0.5, 0.6) is 0 Å². The third-order valence-electron chi connectivity index (χ3n) is 4.66. The van der Waals surface area contributed by atoms with E-state index in [9.17, 15) is 4.79 Å². The highest BCUT2D eigenvalue weighted by atomic mass is 32.2.